The summed E-state index contributed by atoms with van der Waals surface area (Å²) >= 11 is 0. The maximum Gasteiger partial charge on any atom is 0.344 e. The summed E-state index contributed by atoms with van der Waals surface area (Å²) in [5, 5.41) is 0. The van der Waals surface area contributed by atoms with Crippen LogP contribution in [0.15, 0.2) is 18.3 Å². The largest absolute Gasteiger partial charge is 0.477 e. The first-order chi connectivity index (χ1) is 12.1. The van der Waals surface area contributed by atoms with E-state index in [4.69, 9.17) is 9.47 Å². The van der Waals surface area contributed by atoms with Crippen LogP contribution in [0.3, 0.4) is 0 Å². The van der Waals surface area contributed by atoms with Crippen molar-refractivity contribution in [3.05, 3.63) is 23.9 Å². The van der Waals surface area contributed by atoms with Crippen LogP contribution < -0.4 is 4.74 Å². The van der Waals surface area contributed by atoms with Crippen LogP contribution in [0.5, 0.6) is 5.88 Å². The molecule has 4 aliphatic rings. The van der Waals surface area contributed by atoms with E-state index in [-0.39, 0.29) is 29.2 Å². The molecule has 0 atom stereocenters. The SMILES string of the molecule is CCOc1ncccc1C(=O)OCC(=O)C12CC3CC(CC(C3)C1)C2. The maximum absolute atomic E-state index is 12.9. The molecule has 0 saturated heterocycles. The molecule has 1 heterocycles. The van der Waals surface area contributed by atoms with E-state index in [0.717, 1.165) is 19.3 Å². The van der Waals surface area contributed by atoms with Gasteiger partial charge in [-0.25, -0.2) is 9.78 Å². The van der Waals surface area contributed by atoms with E-state index in [0.29, 0.717) is 24.4 Å². The molecule has 5 nitrogen and oxygen atoms in total. The molecule has 4 fully saturated rings. The Labute approximate surface area is 148 Å². The van der Waals surface area contributed by atoms with Crippen molar-refractivity contribution < 1.29 is 19.1 Å². The molecule has 0 unspecified atom stereocenters. The predicted octanol–water partition coefficient (Wildman–Crippen LogP) is 3.42. The van der Waals surface area contributed by atoms with Crippen molar-refractivity contribution >= 4 is 11.8 Å². The number of pyridine rings is 1. The zero-order valence-corrected chi connectivity index (χ0v) is 14.7. The molecule has 0 radical (unpaired) electrons. The second kappa shape index (κ2) is 6.43. The van der Waals surface area contributed by atoms with Crippen LogP contribution in [0.2, 0.25) is 0 Å². The summed E-state index contributed by atoms with van der Waals surface area (Å²) in [6, 6.07) is 3.29. The number of esters is 1. The third-order valence-corrected chi connectivity index (χ3v) is 6.24. The second-order valence-corrected chi connectivity index (χ2v) is 7.99. The van der Waals surface area contributed by atoms with Crippen LogP contribution in [0, 0.1) is 23.2 Å². The van der Waals surface area contributed by atoms with Gasteiger partial charge < -0.3 is 9.47 Å². The Morgan fingerprint density at radius 3 is 2.40 bits per heavy atom. The van der Waals surface area contributed by atoms with Gasteiger partial charge in [0, 0.05) is 11.6 Å². The Morgan fingerprint density at radius 2 is 1.80 bits per heavy atom. The number of carbonyl (C=O) groups is 2. The summed E-state index contributed by atoms with van der Waals surface area (Å²) in [5.74, 6) is 1.95. The van der Waals surface area contributed by atoms with Crippen molar-refractivity contribution in [2.24, 2.45) is 23.2 Å². The molecule has 4 aliphatic carbocycles. The zero-order chi connectivity index (χ0) is 17.4. The average Bonchev–Trinajstić information content (AvgIpc) is 2.59. The third-order valence-electron chi connectivity index (χ3n) is 6.24. The van der Waals surface area contributed by atoms with Gasteiger partial charge in [0.15, 0.2) is 12.4 Å². The van der Waals surface area contributed by atoms with Crippen molar-refractivity contribution in [3.63, 3.8) is 0 Å². The zero-order valence-electron chi connectivity index (χ0n) is 14.7. The van der Waals surface area contributed by atoms with E-state index >= 15 is 0 Å². The van der Waals surface area contributed by atoms with Crippen LogP contribution in [0.4, 0.5) is 0 Å². The molecule has 134 valence electrons. The van der Waals surface area contributed by atoms with Gasteiger partial charge in [0.2, 0.25) is 5.88 Å². The van der Waals surface area contributed by atoms with Crippen molar-refractivity contribution in [3.8, 4) is 5.88 Å². The van der Waals surface area contributed by atoms with E-state index in [1.54, 1.807) is 18.3 Å². The van der Waals surface area contributed by atoms with E-state index in [2.05, 4.69) is 4.98 Å². The van der Waals surface area contributed by atoms with Gasteiger partial charge in [-0.3, -0.25) is 4.79 Å². The lowest BCUT2D eigenvalue weighted by Crippen LogP contribution is -2.51. The van der Waals surface area contributed by atoms with Gasteiger partial charge in [0.25, 0.3) is 0 Å². The summed E-state index contributed by atoms with van der Waals surface area (Å²) in [6.45, 7) is 2.12. The highest BCUT2D eigenvalue weighted by molar-refractivity contribution is 5.94. The van der Waals surface area contributed by atoms with Crippen LogP contribution in [-0.2, 0) is 9.53 Å². The average molecular weight is 343 g/mol. The number of hydrogen-bond donors (Lipinski definition) is 0. The van der Waals surface area contributed by atoms with E-state index in [1.165, 1.54) is 19.3 Å². The van der Waals surface area contributed by atoms with Crippen LogP contribution in [0.1, 0.15) is 55.8 Å². The number of ketones is 1. The molecule has 0 N–H and O–H groups in total. The number of rotatable bonds is 6. The molecule has 0 amide bonds. The highest BCUT2D eigenvalue weighted by Crippen LogP contribution is 2.60. The topological polar surface area (TPSA) is 65.5 Å². The summed E-state index contributed by atoms with van der Waals surface area (Å²) in [5.41, 5.74) is 0.0508. The number of nitrogens with zero attached hydrogens (tertiary/aromatic N) is 1. The van der Waals surface area contributed by atoms with Gasteiger partial charge >= 0.3 is 5.97 Å². The summed E-state index contributed by atoms with van der Waals surface area (Å²) in [7, 11) is 0. The number of hydrogen-bond acceptors (Lipinski definition) is 5. The minimum Gasteiger partial charge on any atom is -0.477 e. The third kappa shape index (κ3) is 3.05. The van der Waals surface area contributed by atoms with Crippen LogP contribution in [0.25, 0.3) is 0 Å². The van der Waals surface area contributed by atoms with Gasteiger partial charge in [-0.05, 0) is 75.3 Å². The summed E-state index contributed by atoms with van der Waals surface area (Å²) < 4.78 is 10.7. The Hall–Kier alpha value is -1.91. The molecule has 0 spiro atoms. The Bertz CT molecular complexity index is 649. The second-order valence-electron chi connectivity index (χ2n) is 7.99. The normalized spacial score (nSPS) is 32.4. The molecule has 0 aliphatic heterocycles. The van der Waals surface area contributed by atoms with Gasteiger partial charge in [0.05, 0.1) is 6.61 Å². The van der Waals surface area contributed by atoms with E-state index < -0.39 is 5.97 Å². The summed E-state index contributed by atoms with van der Waals surface area (Å²) in [4.78, 5) is 29.4. The maximum atomic E-state index is 12.9. The van der Waals surface area contributed by atoms with Crippen molar-refractivity contribution in [1.82, 2.24) is 4.98 Å². The Balaban J connectivity index is 1.42. The Kier molecular flexibility index (Phi) is 4.26. The highest BCUT2D eigenvalue weighted by Gasteiger charge is 2.54. The molecular formula is C20H25NO4. The van der Waals surface area contributed by atoms with Crippen molar-refractivity contribution in [1.29, 1.82) is 0 Å². The fraction of sp³-hybridized carbons (Fsp3) is 0.650. The molecule has 4 saturated carbocycles. The van der Waals surface area contributed by atoms with Gasteiger partial charge in [-0.15, -0.1) is 0 Å². The minimum atomic E-state index is -0.533. The van der Waals surface area contributed by atoms with Gasteiger partial charge in [0.1, 0.15) is 5.56 Å². The predicted molar refractivity (Wildman–Crippen MR) is 91.3 cm³/mol. The lowest BCUT2D eigenvalue weighted by Gasteiger charge is -2.55. The fourth-order valence-electron chi connectivity index (χ4n) is 5.61. The molecule has 5 rings (SSSR count). The standard InChI is InChI=1S/C20H25NO4/c1-2-24-18-16(4-3-5-21-18)19(23)25-12-17(22)20-9-13-6-14(10-20)8-15(7-13)11-20/h3-5,13-15H,2,6-12H2,1H3. The molecule has 1 aromatic rings. The quantitative estimate of drug-likeness (QED) is 0.741. The fourth-order valence-corrected chi connectivity index (χ4v) is 5.61. The molecule has 4 bridgehead atoms. The van der Waals surface area contributed by atoms with Gasteiger partial charge in [-0.1, -0.05) is 0 Å². The molecule has 5 heteroatoms. The highest BCUT2D eigenvalue weighted by atomic mass is 16.5. The summed E-state index contributed by atoms with van der Waals surface area (Å²) in [6.07, 6.45) is 8.42. The van der Waals surface area contributed by atoms with Gasteiger partial charge in [-0.2, -0.15) is 0 Å². The molecule has 25 heavy (non-hydrogen) atoms. The van der Waals surface area contributed by atoms with E-state index in [1.807, 2.05) is 6.92 Å². The first kappa shape index (κ1) is 16.6. The van der Waals surface area contributed by atoms with E-state index in [9.17, 15) is 9.59 Å². The number of Topliss-reactive ketones (excluding diaryl/α,β-unsaturated/α-hetero) is 1. The van der Waals surface area contributed by atoms with Crippen molar-refractivity contribution in [2.45, 2.75) is 45.4 Å². The van der Waals surface area contributed by atoms with Crippen LogP contribution >= 0.6 is 0 Å². The molecule has 1 aromatic heterocycles. The first-order valence-electron chi connectivity index (χ1n) is 9.38. The Morgan fingerprint density at radius 1 is 1.16 bits per heavy atom. The first-order valence-corrected chi connectivity index (χ1v) is 9.38. The molecule has 0 aromatic carbocycles. The van der Waals surface area contributed by atoms with Crippen LogP contribution in [-0.4, -0.2) is 30.0 Å². The smallest absolute Gasteiger partial charge is 0.344 e. The monoisotopic (exact) mass is 343 g/mol. The van der Waals surface area contributed by atoms with Crippen molar-refractivity contribution in [2.75, 3.05) is 13.2 Å². The lowest BCUT2D eigenvalue weighted by molar-refractivity contribution is -0.147. The molecular weight excluding hydrogens is 318 g/mol. The lowest BCUT2D eigenvalue weighted by atomic mass is 9.48. The minimum absolute atomic E-state index is 0.113. The number of ether oxygens (including phenoxy) is 2. The number of carbonyl (C=O) groups excluding carboxylic acids is 2. The number of aromatic nitrogens is 1.